The minimum Gasteiger partial charge on any atom is -0.476 e. The highest BCUT2D eigenvalue weighted by molar-refractivity contribution is 6.01. The van der Waals surface area contributed by atoms with Gasteiger partial charge < -0.3 is 10.4 Å². The van der Waals surface area contributed by atoms with E-state index in [-0.39, 0.29) is 16.5 Å². The van der Waals surface area contributed by atoms with Crippen LogP contribution in [-0.2, 0) is 4.79 Å². The van der Waals surface area contributed by atoms with E-state index in [0.29, 0.717) is 6.07 Å². The van der Waals surface area contributed by atoms with Crippen LogP contribution < -0.4 is 10.9 Å². The van der Waals surface area contributed by atoms with Gasteiger partial charge in [0.05, 0.1) is 11.1 Å². The van der Waals surface area contributed by atoms with Gasteiger partial charge in [-0.05, 0) is 25.1 Å². The Morgan fingerprint density at radius 3 is 2.44 bits per heavy atom. The average Bonchev–Trinajstić information content (AvgIpc) is 2.63. The lowest BCUT2D eigenvalue weighted by molar-refractivity contribution is -0.119. The third-order valence-electron chi connectivity index (χ3n) is 3.97. The smallest absolute Gasteiger partial charge is 0.357 e. The Balaban J connectivity index is 2.03. The molecule has 0 aliphatic carbocycles. The molecule has 7 nitrogen and oxygen atoms in total. The van der Waals surface area contributed by atoms with Gasteiger partial charge in [0.2, 0.25) is 5.91 Å². The highest BCUT2D eigenvalue weighted by Crippen LogP contribution is 2.18. The monoisotopic (exact) mass is 373 g/mol. The van der Waals surface area contributed by atoms with Crippen LogP contribution >= 0.6 is 0 Å². The molecule has 1 atom stereocenters. The molecule has 0 saturated carbocycles. The third kappa shape index (κ3) is 3.39. The molecular weight excluding hydrogens is 360 g/mol. The molecule has 0 aliphatic heterocycles. The fourth-order valence-corrected chi connectivity index (χ4v) is 2.57. The van der Waals surface area contributed by atoms with E-state index < -0.39 is 40.8 Å². The van der Waals surface area contributed by atoms with E-state index in [1.807, 2.05) is 0 Å². The van der Waals surface area contributed by atoms with Crippen molar-refractivity contribution in [1.82, 2.24) is 9.78 Å². The summed E-state index contributed by atoms with van der Waals surface area (Å²) in [6.07, 6.45) is 0. The molecule has 0 radical (unpaired) electrons. The van der Waals surface area contributed by atoms with Crippen molar-refractivity contribution >= 4 is 28.3 Å². The lowest BCUT2D eigenvalue weighted by Crippen LogP contribution is -2.35. The van der Waals surface area contributed by atoms with Crippen molar-refractivity contribution in [2.75, 3.05) is 5.32 Å². The maximum absolute atomic E-state index is 13.7. The van der Waals surface area contributed by atoms with Crippen LogP contribution in [-0.4, -0.2) is 26.8 Å². The topological polar surface area (TPSA) is 101 Å². The summed E-state index contributed by atoms with van der Waals surface area (Å²) in [7, 11) is 0. The maximum atomic E-state index is 13.7. The van der Waals surface area contributed by atoms with E-state index in [0.717, 1.165) is 16.8 Å². The molecule has 2 N–H and O–H groups in total. The Morgan fingerprint density at radius 1 is 1.15 bits per heavy atom. The van der Waals surface area contributed by atoms with Gasteiger partial charge in [0, 0.05) is 11.5 Å². The highest BCUT2D eigenvalue weighted by Gasteiger charge is 2.23. The quantitative estimate of drug-likeness (QED) is 0.732. The summed E-state index contributed by atoms with van der Waals surface area (Å²) in [6.45, 7) is 1.31. The summed E-state index contributed by atoms with van der Waals surface area (Å²) in [4.78, 5) is 36.5. The maximum Gasteiger partial charge on any atom is 0.357 e. The highest BCUT2D eigenvalue weighted by atomic mass is 19.1. The number of carboxylic acid groups (broad SMARTS) is 1. The number of fused-ring (bicyclic) bond motifs is 1. The van der Waals surface area contributed by atoms with Gasteiger partial charge in [-0.2, -0.15) is 5.10 Å². The zero-order chi connectivity index (χ0) is 19.7. The molecule has 1 unspecified atom stereocenters. The van der Waals surface area contributed by atoms with Crippen molar-refractivity contribution in [2.24, 2.45) is 0 Å². The van der Waals surface area contributed by atoms with Gasteiger partial charge in [-0.3, -0.25) is 9.59 Å². The number of amides is 1. The van der Waals surface area contributed by atoms with E-state index >= 15 is 0 Å². The summed E-state index contributed by atoms with van der Waals surface area (Å²) >= 11 is 0. The first-order valence-corrected chi connectivity index (χ1v) is 7.80. The Kier molecular flexibility index (Phi) is 4.68. The van der Waals surface area contributed by atoms with Gasteiger partial charge in [-0.1, -0.05) is 18.2 Å². The van der Waals surface area contributed by atoms with Crippen LogP contribution in [0.4, 0.5) is 14.5 Å². The van der Waals surface area contributed by atoms with E-state index in [2.05, 4.69) is 10.4 Å². The first-order chi connectivity index (χ1) is 12.8. The molecule has 27 heavy (non-hydrogen) atoms. The largest absolute Gasteiger partial charge is 0.476 e. The molecule has 1 aromatic heterocycles. The van der Waals surface area contributed by atoms with Gasteiger partial charge in [-0.15, -0.1) is 0 Å². The van der Waals surface area contributed by atoms with Crippen molar-refractivity contribution in [3.8, 4) is 0 Å². The Bertz CT molecular complexity index is 1130. The lowest BCUT2D eigenvalue weighted by atomic mass is 10.1. The first kappa shape index (κ1) is 18.2. The number of carbonyl (C=O) groups excluding carboxylic acids is 1. The molecule has 0 fully saturated rings. The number of anilines is 1. The molecule has 0 bridgehead atoms. The number of hydrogen-bond donors (Lipinski definition) is 2. The lowest BCUT2D eigenvalue weighted by Gasteiger charge is -2.16. The van der Waals surface area contributed by atoms with Gasteiger partial charge in [0.1, 0.15) is 17.7 Å². The van der Waals surface area contributed by atoms with E-state index in [1.165, 1.54) is 19.1 Å². The van der Waals surface area contributed by atoms with Gasteiger partial charge in [0.25, 0.3) is 5.56 Å². The molecule has 9 heteroatoms. The number of carboxylic acids is 1. The van der Waals surface area contributed by atoms with Gasteiger partial charge in [-0.25, -0.2) is 18.3 Å². The third-order valence-corrected chi connectivity index (χ3v) is 3.97. The number of rotatable bonds is 4. The normalized spacial score (nSPS) is 12.0. The number of hydrogen-bond acceptors (Lipinski definition) is 4. The minimum absolute atomic E-state index is 0.0810. The summed E-state index contributed by atoms with van der Waals surface area (Å²) in [6, 6.07) is 7.34. The van der Waals surface area contributed by atoms with Crippen LogP contribution in [0.5, 0.6) is 0 Å². The van der Waals surface area contributed by atoms with Crippen LogP contribution in [0.25, 0.3) is 10.8 Å². The second kappa shape index (κ2) is 6.94. The minimum atomic E-state index is -1.36. The van der Waals surface area contributed by atoms with Crippen LogP contribution in [0.3, 0.4) is 0 Å². The van der Waals surface area contributed by atoms with Crippen molar-refractivity contribution < 1.29 is 23.5 Å². The second-order valence-corrected chi connectivity index (χ2v) is 5.74. The predicted molar refractivity (Wildman–Crippen MR) is 92.7 cm³/mol. The number of benzene rings is 2. The number of carbonyl (C=O) groups is 2. The summed E-state index contributed by atoms with van der Waals surface area (Å²) in [5, 5.41) is 15.6. The molecule has 0 aliphatic rings. The fourth-order valence-electron chi connectivity index (χ4n) is 2.57. The Labute approximate surface area is 150 Å². The van der Waals surface area contributed by atoms with Crippen molar-refractivity contribution in [2.45, 2.75) is 13.0 Å². The fraction of sp³-hybridized carbons (Fsp3) is 0.111. The molecule has 138 valence electrons. The molecule has 3 aromatic rings. The second-order valence-electron chi connectivity index (χ2n) is 5.74. The van der Waals surface area contributed by atoms with E-state index in [1.54, 1.807) is 12.1 Å². The predicted octanol–water partition coefficient (Wildman–Crippen LogP) is 2.57. The Morgan fingerprint density at radius 2 is 1.81 bits per heavy atom. The number of aromatic nitrogens is 2. The molecule has 1 heterocycles. The van der Waals surface area contributed by atoms with Gasteiger partial charge in [0.15, 0.2) is 5.69 Å². The Hall–Kier alpha value is -3.62. The zero-order valence-electron chi connectivity index (χ0n) is 13.9. The number of aromatic carboxylic acids is 1. The average molecular weight is 373 g/mol. The van der Waals surface area contributed by atoms with Crippen molar-refractivity contribution in [1.29, 1.82) is 0 Å². The molecule has 2 aromatic carbocycles. The van der Waals surface area contributed by atoms with E-state index in [9.17, 15) is 28.3 Å². The number of nitrogens with zero attached hydrogens (tertiary/aromatic N) is 2. The van der Waals surface area contributed by atoms with Crippen molar-refractivity contribution in [3.05, 3.63) is 70.1 Å². The summed E-state index contributed by atoms with van der Waals surface area (Å²) < 4.78 is 27.4. The van der Waals surface area contributed by atoms with Crippen LogP contribution in [0.2, 0.25) is 0 Å². The van der Waals surface area contributed by atoms with Crippen LogP contribution in [0.15, 0.2) is 47.3 Å². The molecular formula is C18H13F2N3O4. The van der Waals surface area contributed by atoms with Crippen LogP contribution in [0, 0.1) is 11.6 Å². The van der Waals surface area contributed by atoms with E-state index in [4.69, 9.17) is 0 Å². The van der Waals surface area contributed by atoms with Crippen LogP contribution in [0.1, 0.15) is 23.5 Å². The van der Waals surface area contributed by atoms with Crippen molar-refractivity contribution in [3.63, 3.8) is 0 Å². The standard InChI is InChI=1S/C18H13F2N3O4/c1-9(16(24)21-14-7-6-10(19)8-13(14)20)23-17(25)12-5-3-2-4-11(12)15(22-23)18(26)27/h2-9H,1H3,(H,21,24)(H,26,27). The zero-order valence-corrected chi connectivity index (χ0v) is 13.9. The first-order valence-electron chi connectivity index (χ1n) is 7.80. The summed E-state index contributed by atoms with van der Waals surface area (Å²) in [5.41, 5.74) is -1.34. The number of halogens is 2. The molecule has 0 spiro atoms. The summed E-state index contributed by atoms with van der Waals surface area (Å²) in [5.74, 6) is -3.98. The molecule has 3 rings (SSSR count). The SMILES string of the molecule is CC(C(=O)Nc1ccc(F)cc1F)n1nc(C(=O)O)c2ccccc2c1=O. The number of nitrogens with one attached hydrogen (secondary N) is 1. The van der Waals surface area contributed by atoms with Gasteiger partial charge >= 0.3 is 5.97 Å². The molecule has 1 amide bonds. The molecule has 0 saturated heterocycles.